The number of benzene rings is 1. The van der Waals surface area contributed by atoms with Crippen molar-refractivity contribution in [3.8, 4) is 5.75 Å². The maximum Gasteiger partial charge on any atom is 0.232 e. The van der Waals surface area contributed by atoms with E-state index in [9.17, 15) is 8.42 Å². The summed E-state index contributed by atoms with van der Waals surface area (Å²) in [5, 5.41) is 0. The summed E-state index contributed by atoms with van der Waals surface area (Å²) in [6.45, 7) is 0.357. The second kappa shape index (κ2) is 5.22. The minimum Gasteiger partial charge on any atom is -0.494 e. The van der Waals surface area contributed by atoms with Gasteiger partial charge in [-0.2, -0.15) is 0 Å². The molecule has 0 radical (unpaired) electrons. The quantitative estimate of drug-likeness (QED) is 0.578. The third kappa shape index (κ3) is 5.09. The second-order valence-electron chi connectivity index (χ2n) is 2.76. The van der Waals surface area contributed by atoms with Crippen LogP contribution in [0.1, 0.15) is 6.42 Å². The number of hydrogen-bond donors (Lipinski definition) is 0. The smallest absolute Gasteiger partial charge is 0.232 e. The highest BCUT2D eigenvalue weighted by atomic mass is 35.7. The van der Waals surface area contributed by atoms with E-state index in [0.717, 1.165) is 5.75 Å². The Balaban J connectivity index is 2.23. The van der Waals surface area contributed by atoms with Gasteiger partial charge in [0.1, 0.15) is 5.75 Å². The summed E-state index contributed by atoms with van der Waals surface area (Å²) in [5.41, 5.74) is 0. The molecule has 0 aliphatic heterocycles. The molecule has 0 aliphatic carbocycles. The van der Waals surface area contributed by atoms with Gasteiger partial charge in [0, 0.05) is 10.7 Å². The van der Waals surface area contributed by atoms with Gasteiger partial charge >= 0.3 is 0 Å². The topological polar surface area (TPSA) is 43.4 Å². The third-order valence-electron chi connectivity index (χ3n) is 1.54. The van der Waals surface area contributed by atoms with Crippen molar-refractivity contribution in [2.75, 3.05) is 12.4 Å². The SMILES string of the molecule is O=S(=O)(Cl)CCCOc1ccccc1. The Kier molecular flexibility index (Phi) is 4.22. The highest BCUT2D eigenvalue weighted by molar-refractivity contribution is 8.13. The van der Waals surface area contributed by atoms with Gasteiger partial charge < -0.3 is 4.74 Å². The van der Waals surface area contributed by atoms with E-state index in [1.54, 1.807) is 0 Å². The summed E-state index contributed by atoms with van der Waals surface area (Å²) in [6.07, 6.45) is 0.403. The molecule has 5 heteroatoms. The molecule has 0 N–H and O–H groups in total. The standard InChI is InChI=1S/C9H11ClO3S/c10-14(11,12)8-4-7-13-9-5-2-1-3-6-9/h1-3,5-6H,4,7-8H2. The van der Waals surface area contributed by atoms with Gasteiger partial charge in [-0.3, -0.25) is 0 Å². The second-order valence-corrected chi connectivity index (χ2v) is 5.65. The molecule has 3 nitrogen and oxygen atoms in total. The first-order valence-electron chi connectivity index (χ1n) is 4.18. The highest BCUT2D eigenvalue weighted by Crippen LogP contribution is 2.08. The monoisotopic (exact) mass is 234 g/mol. The molecular formula is C9H11ClO3S. The van der Waals surface area contributed by atoms with E-state index in [1.807, 2.05) is 30.3 Å². The van der Waals surface area contributed by atoms with Gasteiger partial charge in [-0.15, -0.1) is 0 Å². The van der Waals surface area contributed by atoms with Crippen LogP contribution in [0, 0.1) is 0 Å². The Morgan fingerprint density at radius 1 is 1.21 bits per heavy atom. The molecule has 1 aromatic carbocycles. The van der Waals surface area contributed by atoms with Crippen molar-refractivity contribution < 1.29 is 13.2 Å². The molecule has 0 saturated heterocycles. The van der Waals surface area contributed by atoms with Crippen molar-refractivity contribution >= 4 is 19.7 Å². The molecule has 0 saturated carbocycles. The largest absolute Gasteiger partial charge is 0.494 e. The molecule has 0 heterocycles. The van der Waals surface area contributed by atoms with Gasteiger partial charge in [-0.05, 0) is 18.6 Å². The van der Waals surface area contributed by atoms with Crippen LogP contribution in [0.5, 0.6) is 5.75 Å². The highest BCUT2D eigenvalue weighted by Gasteiger charge is 2.03. The van der Waals surface area contributed by atoms with Crippen molar-refractivity contribution in [3.05, 3.63) is 30.3 Å². The lowest BCUT2D eigenvalue weighted by molar-refractivity contribution is 0.318. The van der Waals surface area contributed by atoms with Gasteiger partial charge in [-0.1, -0.05) is 18.2 Å². The minimum atomic E-state index is -3.39. The van der Waals surface area contributed by atoms with Gasteiger partial charge in [0.25, 0.3) is 0 Å². The Labute approximate surface area is 88.1 Å². The predicted octanol–water partition coefficient (Wildman–Crippen LogP) is 2.02. The van der Waals surface area contributed by atoms with E-state index < -0.39 is 9.05 Å². The van der Waals surface area contributed by atoms with Crippen LogP contribution in [0.15, 0.2) is 30.3 Å². The average molecular weight is 235 g/mol. The maximum atomic E-state index is 10.6. The first-order chi connectivity index (χ1) is 6.58. The molecule has 0 unspecified atom stereocenters. The average Bonchev–Trinajstić information content (AvgIpc) is 2.13. The predicted molar refractivity (Wildman–Crippen MR) is 56.2 cm³/mol. The summed E-state index contributed by atoms with van der Waals surface area (Å²) >= 11 is 0. The summed E-state index contributed by atoms with van der Waals surface area (Å²) in [5.74, 6) is 0.681. The molecular weight excluding hydrogens is 224 g/mol. The van der Waals surface area contributed by atoms with Gasteiger partial charge in [0.15, 0.2) is 0 Å². The first kappa shape index (κ1) is 11.3. The van der Waals surface area contributed by atoms with Crippen LogP contribution in [0.2, 0.25) is 0 Å². The summed E-state index contributed by atoms with van der Waals surface area (Å²) in [4.78, 5) is 0. The first-order valence-corrected chi connectivity index (χ1v) is 6.66. The minimum absolute atomic E-state index is 0.0542. The molecule has 1 aromatic rings. The normalized spacial score (nSPS) is 11.2. The maximum absolute atomic E-state index is 10.6. The van der Waals surface area contributed by atoms with Crippen LogP contribution in [-0.4, -0.2) is 20.8 Å². The lowest BCUT2D eigenvalue weighted by atomic mass is 10.3. The number of para-hydroxylation sites is 1. The number of ether oxygens (including phenoxy) is 1. The van der Waals surface area contributed by atoms with Crippen molar-refractivity contribution in [1.29, 1.82) is 0 Å². The summed E-state index contributed by atoms with van der Waals surface area (Å²) < 4.78 is 26.4. The van der Waals surface area contributed by atoms with Gasteiger partial charge in [0.2, 0.25) is 9.05 Å². The van der Waals surface area contributed by atoms with E-state index in [4.69, 9.17) is 15.4 Å². The fourth-order valence-corrected chi connectivity index (χ4v) is 1.73. The molecule has 0 aromatic heterocycles. The van der Waals surface area contributed by atoms with Crippen LogP contribution in [0.4, 0.5) is 0 Å². The van der Waals surface area contributed by atoms with Crippen molar-refractivity contribution in [3.63, 3.8) is 0 Å². The van der Waals surface area contributed by atoms with Gasteiger partial charge in [-0.25, -0.2) is 8.42 Å². The van der Waals surface area contributed by atoms with Crippen LogP contribution in [0.25, 0.3) is 0 Å². The Bertz CT molecular complexity index is 361. The third-order valence-corrected chi connectivity index (χ3v) is 2.78. The van der Waals surface area contributed by atoms with E-state index in [1.165, 1.54) is 0 Å². The van der Waals surface area contributed by atoms with Crippen molar-refractivity contribution in [1.82, 2.24) is 0 Å². The molecule has 0 aliphatic rings. The van der Waals surface area contributed by atoms with Gasteiger partial charge in [0.05, 0.1) is 12.4 Å². The Morgan fingerprint density at radius 3 is 2.43 bits per heavy atom. The molecule has 0 bridgehead atoms. The zero-order valence-corrected chi connectivity index (χ0v) is 9.09. The van der Waals surface area contributed by atoms with Crippen LogP contribution < -0.4 is 4.74 Å². The van der Waals surface area contributed by atoms with E-state index >= 15 is 0 Å². The number of hydrogen-bond acceptors (Lipinski definition) is 3. The summed E-state index contributed by atoms with van der Waals surface area (Å²) in [7, 11) is 1.65. The fraction of sp³-hybridized carbons (Fsp3) is 0.333. The lowest BCUT2D eigenvalue weighted by Crippen LogP contribution is -2.04. The van der Waals surface area contributed by atoms with Crippen molar-refractivity contribution in [2.24, 2.45) is 0 Å². The van der Waals surface area contributed by atoms with E-state index in [2.05, 4.69) is 0 Å². The Hall–Kier alpha value is -0.740. The fourth-order valence-electron chi connectivity index (χ4n) is 0.938. The number of rotatable bonds is 5. The van der Waals surface area contributed by atoms with E-state index in [0.29, 0.717) is 13.0 Å². The molecule has 0 spiro atoms. The Morgan fingerprint density at radius 2 is 1.86 bits per heavy atom. The van der Waals surface area contributed by atoms with Crippen molar-refractivity contribution in [2.45, 2.75) is 6.42 Å². The van der Waals surface area contributed by atoms with Crippen LogP contribution in [0.3, 0.4) is 0 Å². The molecule has 1 rings (SSSR count). The molecule has 0 fully saturated rings. The molecule has 0 amide bonds. The molecule has 78 valence electrons. The zero-order chi connectivity index (χ0) is 10.4. The number of halogens is 1. The zero-order valence-electron chi connectivity index (χ0n) is 7.52. The molecule has 0 atom stereocenters. The lowest BCUT2D eigenvalue weighted by Gasteiger charge is -2.03. The molecule has 14 heavy (non-hydrogen) atoms. The van der Waals surface area contributed by atoms with Crippen LogP contribution in [-0.2, 0) is 9.05 Å². The van der Waals surface area contributed by atoms with E-state index in [-0.39, 0.29) is 5.75 Å². The van der Waals surface area contributed by atoms with Crippen LogP contribution >= 0.6 is 10.7 Å². The summed E-state index contributed by atoms with van der Waals surface area (Å²) in [6, 6.07) is 9.22.